The Balaban J connectivity index is 2.12. The van der Waals surface area contributed by atoms with Gasteiger partial charge in [-0.3, -0.25) is 9.78 Å². The first-order valence-electron chi connectivity index (χ1n) is 8.91. The summed E-state index contributed by atoms with van der Waals surface area (Å²) >= 11 is 3.39. The van der Waals surface area contributed by atoms with Gasteiger partial charge in [0.15, 0.2) is 9.84 Å². The van der Waals surface area contributed by atoms with Crippen molar-refractivity contribution >= 4 is 37.8 Å². The number of aromatic nitrogens is 1. The summed E-state index contributed by atoms with van der Waals surface area (Å²) in [6, 6.07) is 8.67. The van der Waals surface area contributed by atoms with Gasteiger partial charge in [0.05, 0.1) is 21.8 Å². The Kier molecular flexibility index (Phi) is 5.57. The molecule has 0 N–H and O–H groups in total. The minimum atomic E-state index is -3.75. The summed E-state index contributed by atoms with van der Waals surface area (Å²) < 4.78 is 31.1. The van der Waals surface area contributed by atoms with Gasteiger partial charge in [0.2, 0.25) is 0 Å². The molecule has 7 nitrogen and oxygen atoms in total. The molecule has 2 amide bonds. The Hall–Kier alpha value is -2.26. The standard InChI is InChI=1S/C20H21BrN2O5S/c1-20(2,3)28-19(25)23-9-8-14-17(18(23)24)16(29(4,26)27)11-15(22-14)12-6-5-7-13(21)10-12/h5-7,10-11H,8-9H2,1-4H3. The second-order valence-electron chi connectivity index (χ2n) is 7.80. The van der Waals surface area contributed by atoms with E-state index in [2.05, 4.69) is 20.9 Å². The number of halogens is 1. The van der Waals surface area contributed by atoms with Crippen LogP contribution in [-0.4, -0.2) is 48.7 Å². The Morgan fingerprint density at radius 1 is 1.24 bits per heavy atom. The summed E-state index contributed by atoms with van der Waals surface area (Å²) in [5, 5.41) is 0. The van der Waals surface area contributed by atoms with Crippen molar-refractivity contribution in [2.75, 3.05) is 12.8 Å². The fourth-order valence-electron chi connectivity index (χ4n) is 3.02. The number of imide groups is 1. The predicted molar refractivity (Wildman–Crippen MR) is 111 cm³/mol. The quantitative estimate of drug-likeness (QED) is 0.647. The fourth-order valence-corrected chi connectivity index (χ4v) is 4.32. The Morgan fingerprint density at radius 3 is 2.52 bits per heavy atom. The van der Waals surface area contributed by atoms with Gasteiger partial charge in [-0.15, -0.1) is 0 Å². The predicted octanol–water partition coefficient (Wildman–Crippen LogP) is 3.85. The van der Waals surface area contributed by atoms with Crippen LogP contribution in [0, 0.1) is 0 Å². The molecule has 29 heavy (non-hydrogen) atoms. The lowest BCUT2D eigenvalue weighted by Crippen LogP contribution is -2.45. The molecule has 1 aliphatic rings. The van der Waals surface area contributed by atoms with E-state index < -0.39 is 27.4 Å². The molecule has 0 aliphatic carbocycles. The molecule has 2 heterocycles. The molecule has 1 aromatic heterocycles. The van der Waals surface area contributed by atoms with Gasteiger partial charge in [0.25, 0.3) is 5.91 Å². The molecule has 1 aromatic carbocycles. The normalized spacial score (nSPS) is 14.5. The molecule has 9 heteroatoms. The monoisotopic (exact) mass is 480 g/mol. The highest BCUT2D eigenvalue weighted by molar-refractivity contribution is 9.10. The highest BCUT2D eigenvalue weighted by Gasteiger charge is 2.37. The number of hydrogen-bond acceptors (Lipinski definition) is 6. The van der Waals surface area contributed by atoms with Gasteiger partial charge in [-0.25, -0.2) is 18.1 Å². The maximum Gasteiger partial charge on any atom is 0.417 e. The molecule has 0 saturated heterocycles. The maximum absolute atomic E-state index is 13.0. The third-order valence-electron chi connectivity index (χ3n) is 4.22. The van der Waals surface area contributed by atoms with Crippen LogP contribution in [0.2, 0.25) is 0 Å². The first-order chi connectivity index (χ1) is 13.4. The number of nitrogens with zero attached hydrogens (tertiary/aromatic N) is 2. The van der Waals surface area contributed by atoms with Gasteiger partial charge in [0.1, 0.15) is 5.60 Å². The van der Waals surface area contributed by atoms with Crippen molar-refractivity contribution in [1.82, 2.24) is 9.88 Å². The highest BCUT2D eigenvalue weighted by atomic mass is 79.9. The second kappa shape index (κ2) is 7.53. The summed E-state index contributed by atoms with van der Waals surface area (Å²) in [6.45, 7) is 5.15. The number of benzene rings is 1. The van der Waals surface area contributed by atoms with E-state index in [9.17, 15) is 18.0 Å². The van der Waals surface area contributed by atoms with Crippen LogP contribution in [0.1, 0.15) is 36.8 Å². The average molecular weight is 481 g/mol. The van der Waals surface area contributed by atoms with Crippen molar-refractivity contribution in [3.05, 3.63) is 46.1 Å². The van der Waals surface area contributed by atoms with Crippen molar-refractivity contribution in [3.8, 4) is 11.3 Å². The topological polar surface area (TPSA) is 93.6 Å². The van der Waals surface area contributed by atoms with Crippen molar-refractivity contribution in [3.63, 3.8) is 0 Å². The van der Waals surface area contributed by atoms with E-state index in [1.54, 1.807) is 20.8 Å². The third-order valence-corrected chi connectivity index (χ3v) is 5.84. The summed E-state index contributed by atoms with van der Waals surface area (Å²) in [7, 11) is -3.75. The molecule has 0 unspecified atom stereocenters. The number of ether oxygens (including phenoxy) is 1. The van der Waals surface area contributed by atoms with Crippen molar-refractivity contribution in [1.29, 1.82) is 0 Å². The summed E-state index contributed by atoms with van der Waals surface area (Å²) in [4.78, 5) is 30.8. The van der Waals surface area contributed by atoms with Crippen LogP contribution in [0.15, 0.2) is 39.7 Å². The molecule has 0 fully saturated rings. The van der Waals surface area contributed by atoms with Gasteiger partial charge < -0.3 is 4.74 Å². The van der Waals surface area contributed by atoms with Crippen LogP contribution in [0.3, 0.4) is 0 Å². The van der Waals surface area contributed by atoms with Gasteiger partial charge >= 0.3 is 6.09 Å². The van der Waals surface area contributed by atoms with E-state index in [1.165, 1.54) is 6.07 Å². The van der Waals surface area contributed by atoms with Crippen molar-refractivity contribution in [2.24, 2.45) is 0 Å². The van der Waals surface area contributed by atoms with Crippen LogP contribution < -0.4 is 0 Å². The summed E-state index contributed by atoms with van der Waals surface area (Å²) in [5.41, 5.74) is 0.675. The smallest absolute Gasteiger partial charge is 0.417 e. The maximum atomic E-state index is 13.0. The number of sulfone groups is 1. The van der Waals surface area contributed by atoms with E-state index in [-0.39, 0.29) is 23.4 Å². The third kappa shape index (κ3) is 4.67. The average Bonchev–Trinajstić information content (AvgIpc) is 2.58. The van der Waals surface area contributed by atoms with Crippen molar-refractivity contribution < 1.29 is 22.7 Å². The number of carbonyl (C=O) groups is 2. The second-order valence-corrected chi connectivity index (χ2v) is 10.7. The number of pyridine rings is 1. The highest BCUT2D eigenvalue weighted by Crippen LogP contribution is 2.31. The van der Waals surface area contributed by atoms with E-state index in [0.29, 0.717) is 17.0 Å². The lowest BCUT2D eigenvalue weighted by Gasteiger charge is -2.30. The molecule has 0 radical (unpaired) electrons. The van der Waals surface area contributed by atoms with Crippen LogP contribution in [0.25, 0.3) is 11.3 Å². The molecule has 1 aliphatic heterocycles. The molecule has 0 spiro atoms. The van der Waals surface area contributed by atoms with E-state index in [4.69, 9.17) is 4.74 Å². The van der Waals surface area contributed by atoms with Gasteiger partial charge in [0, 0.05) is 29.3 Å². The number of carbonyl (C=O) groups excluding carboxylic acids is 2. The Bertz CT molecular complexity index is 1110. The minimum Gasteiger partial charge on any atom is -0.443 e. The SMILES string of the molecule is CC(C)(C)OC(=O)N1CCc2nc(-c3cccc(Br)c3)cc(S(C)(=O)=O)c2C1=O. The molecule has 2 aromatic rings. The first-order valence-corrected chi connectivity index (χ1v) is 11.6. The number of fused-ring (bicyclic) bond motifs is 1. The zero-order chi connectivity index (χ0) is 21.6. The van der Waals surface area contributed by atoms with E-state index in [1.807, 2.05) is 24.3 Å². The molecular formula is C20H21BrN2O5S. The van der Waals surface area contributed by atoms with Crippen LogP contribution >= 0.6 is 15.9 Å². The van der Waals surface area contributed by atoms with Crippen molar-refractivity contribution in [2.45, 2.75) is 37.7 Å². The van der Waals surface area contributed by atoms with Crippen LogP contribution in [0.4, 0.5) is 4.79 Å². The molecule has 3 rings (SSSR count). The first kappa shape index (κ1) is 21.4. The zero-order valence-electron chi connectivity index (χ0n) is 16.5. The number of rotatable bonds is 2. The largest absolute Gasteiger partial charge is 0.443 e. The van der Waals surface area contributed by atoms with Crippen LogP contribution in [-0.2, 0) is 21.0 Å². The van der Waals surface area contributed by atoms with Gasteiger partial charge in [-0.2, -0.15) is 0 Å². The Labute approximate surface area is 178 Å². The lowest BCUT2D eigenvalue weighted by molar-refractivity contribution is 0.0231. The molecule has 0 atom stereocenters. The van der Waals surface area contributed by atoms with Crippen LogP contribution in [0.5, 0.6) is 0 Å². The van der Waals surface area contributed by atoms with E-state index >= 15 is 0 Å². The van der Waals surface area contributed by atoms with E-state index in [0.717, 1.165) is 15.6 Å². The minimum absolute atomic E-state index is 0.0663. The van der Waals surface area contributed by atoms with Gasteiger partial charge in [-0.05, 0) is 39.0 Å². The molecular weight excluding hydrogens is 460 g/mol. The Morgan fingerprint density at radius 2 is 1.93 bits per heavy atom. The van der Waals surface area contributed by atoms with Gasteiger partial charge in [-0.1, -0.05) is 28.1 Å². The number of amides is 2. The molecule has 154 valence electrons. The molecule has 0 bridgehead atoms. The zero-order valence-corrected chi connectivity index (χ0v) is 18.9. The lowest BCUT2D eigenvalue weighted by atomic mass is 10.0. The summed E-state index contributed by atoms with van der Waals surface area (Å²) in [5.74, 6) is -0.714. The number of hydrogen-bond donors (Lipinski definition) is 0. The fraction of sp³-hybridized carbons (Fsp3) is 0.350. The summed E-state index contributed by atoms with van der Waals surface area (Å²) in [6.07, 6.45) is 0.473. The molecule has 0 saturated carbocycles.